The summed E-state index contributed by atoms with van der Waals surface area (Å²) in [6.07, 6.45) is -0.573. The van der Waals surface area contributed by atoms with Crippen LogP contribution in [0.3, 0.4) is 0 Å². The Bertz CT molecular complexity index is 423. The molecule has 3 N–H and O–H groups in total. The molecule has 0 radical (unpaired) electrons. The van der Waals surface area contributed by atoms with Gasteiger partial charge in [-0.2, -0.15) is 0 Å². The van der Waals surface area contributed by atoms with Crippen LogP contribution in [-0.4, -0.2) is 39.4 Å². The minimum absolute atomic E-state index is 0.257. The summed E-state index contributed by atoms with van der Waals surface area (Å²) in [5.74, 6) is 0.382. The maximum absolute atomic E-state index is 11.8. The van der Waals surface area contributed by atoms with E-state index in [1.54, 1.807) is 39.3 Å². The number of ether oxygens (including phenoxy) is 3. The van der Waals surface area contributed by atoms with Gasteiger partial charge >= 0.3 is 0 Å². The molecule has 1 unspecified atom stereocenters. The van der Waals surface area contributed by atoms with Crippen LogP contribution in [0, 0.1) is 0 Å². The molecule has 0 saturated carbocycles. The number of nitrogen functional groups attached to an aromatic ring is 1. The van der Waals surface area contributed by atoms with E-state index in [-0.39, 0.29) is 5.91 Å². The lowest BCUT2D eigenvalue weighted by atomic mass is 10.2. The van der Waals surface area contributed by atoms with Crippen LogP contribution in [0.25, 0.3) is 0 Å². The second kappa shape index (κ2) is 7.60. The summed E-state index contributed by atoms with van der Waals surface area (Å²) in [6.45, 7) is 2.48. The summed E-state index contributed by atoms with van der Waals surface area (Å²) in [6, 6.07) is 5.06. The zero-order valence-electron chi connectivity index (χ0n) is 11.4. The monoisotopic (exact) mass is 268 g/mol. The fourth-order valence-corrected chi connectivity index (χ4v) is 1.40. The van der Waals surface area contributed by atoms with E-state index in [0.29, 0.717) is 30.3 Å². The average Bonchev–Trinajstić information content (AvgIpc) is 2.41. The van der Waals surface area contributed by atoms with Gasteiger partial charge in [0, 0.05) is 13.2 Å². The molecule has 0 fully saturated rings. The summed E-state index contributed by atoms with van der Waals surface area (Å²) in [7, 11) is 3.13. The average molecular weight is 268 g/mol. The number of hydrogen-bond acceptors (Lipinski definition) is 5. The molecule has 0 heterocycles. The second-order valence-electron chi connectivity index (χ2n) is 3.95. The molecular weight excluding hydrogens is 248 g/mol. The number of carbonyl (C=O) groups excluding carboxylic acids is 1. The highest BCUT2D eigenvalue weighted by Crippen LogP contribution is 2.24. The Morgan fingerprint density at radius 1 is 1.37 bits per heavy atom. The molecule has 6 heteroatoms. The van der Waals surface area contributed by atoms with E-state index in [1.807, 2.05) is 0 Å². The summed E-state index contributed by atoms with van der Waals surface area (Å²) in [5.41, 5.74) is 6.79. The minimum Gasteiger partial charge on any atom is -0.497 e. The third kappa shape index (κ3) is 4.76. The van der Waals surface area contributed by atoms with Crippen molar-refractivity contribution in [3.63, 3.8) is 0 Å². The quantitative estimate of drug-likeness (QED) is 0.574. The third-order valence-electron chi connectivity index (χ3n) is 2.54. The minimum atomic E-state index is -0.573. The van der Waals surface area contributed by atoms with Gasteiger partial charge in [-0.05, 0) is 19.1 Å². The van der Waals surface area contributed by atoms with Gasteiger partial charge in [0.05, 0.1) is 31.7 Å². The van der Waals surface area contributed by atoms with Crippen LogP contribution in [0.1, 0.15) is 6.92 Å². The van der Waals surface area contributed by atoms with Crippen LogP contribution in [-0.2, 0) is 14.3 Å². The van der Waals surface area contributed by atoms with Crippen molar-refractivity contribution in [2.24, 2.45) is 0 Å². The molecule has 0 aliphatic heterocycles. The first-order chi connectivity index (χ1) is 9.08. The number of amides is 1. The normalized spacial score (nSPS) is 11.9. The predicted octanol–water partition coefficient (Wildman–Crippen LogP) is 1.27. The fraction of sp³-hybridized carbons (Fsp3) is 0.462. The Hall–Kier alpha value is -1.79. The molecule has 0 aliphatic rings. The summed E-state index contributed by atoms with van der Waals surface area (Å²) in [5, 5.41) is 2.70. The van der Waals surface area contributed by atoms with Crippen LogP contribution < -0.4 is 15.8 Å². The molecule has 0 saturated heterocycles. The van der Waals surface area contributed by atoms with Crippen LogP contribution >= 0.6 is 0 Å². The van der Waals surface area contributed by atoms with Crippen molar-refractivity contribution in [1.82, 2.24) is 0 Å². The van der Waals surface area contributed by atoms with Gasteiger partial charge in [0.25, 0.3) is 5.91 Å². The SMILES string of the molecule is COCCOC(C)C(=O)Nc1ccc(OC)cc1N. The standard InChI is InChI=1S/C13H20N2O4/c1-9(19-7-6-17-2)13(16)15-12-5-4-10(18-3)8-11(12)14/h4-5,8-9H,6-7,14H2,1-3H3,(H,15,16). The number of anilines is 2. The number of carbonyl (C=O) groups is 1. The lowest BCUT2D eigenvalue weighted by molar-refractivity contribution is -0.127. The molecule has 0 aliphatic carbocycles. The molecule has 0 aromatic heterocycles. The van der Waals surface area contributed by atoms with Gasteiger partial charge in [0.1, 0.15) is 11.9 Å². The van der Waals surface area contributed by atoms with Gasteiger partial charge < -0.3 is 25.3 Å². The molecule has 1 aromatic rings. The van der Waals surface area contributed by atoms with Crippen molar-refractivity contribution in [2.45, 2.75) is 13.0 Å². The van der Waals surface area contributed by atoms with E-state index in [2.05, 4.69) is 5.32 Å². The molecule has 19 heavy (non-hydrogen) atoms. The van der Waals surface area contributed by atoms with Gasteiger partial charge in [0.2, 0.25) is 0 Å². The Labute approximate surface area is 112 Å². The van der Waals surface area contributed by atoms with Crippen molar-refractivity contribution in [1.29, 1.82) is 0 Å². The molecular formula is C13H20N2O4. The molecule has 1 amide bonds. The Morgan fingerprint density at radius 3 is 2.68 bits per heavy atom. The number of rotatable bonds is 7. The molecule has 6 nitrogen and oxygen atoms in total. The molecule has 1 rings (SSSR count). The lowest BCUT2D eigenvalue weighted by Crippen LogP contribution is -2.29. The van der Waals surface area contributed by atoms with Crippen molar-refractivity contribution >= 4 is 17.3 Å². The topological polar surface area (TPSA) is 82.8 Å². The molecule has 1 aromatic carbocycles. The van der Waals surface area contributed by atoms with Crippen molar-refractivity contribution < 1.29 is 19.0 Å². The Morgan fingerprint density at radius 2 is 2.11 bits per heavy atom. The highest BCUT2D eigenvalue weighted by atomic mass is 16.5. The van der Waals surface area contributed by atoms with E-state index in [0.717, 1.165) is 0 Å². The molecule has 1 atom stereocenters. The third-order valence-corrected chi connectivity index (χ3v) is 2.54. The van der Waals surface area contributed by atoms with E-state index >= 15 is 0 Å². The Balaban J connectivity index is 2.56. The van der Waals surface area contributed by atoms with Gasteiger partial charge in [-0.25, -0.2) is 0 Å². The maximum Gasteiger partial charge on any atom is 0.253 e. The first-order valence-electron chi connectivity index (χ1n) is 5.93. The zero-order valence-corrected chi connectivity index (χ0v) is 11.4. The van der Waals surface area contributed by atoms with E-state index < -0.39 is 6.10 Å². The zero-order chi connectivity index (χ0) is 14.3. The van der Waals surface area contributed by atoms with Crippen molar-refractivity contribution in [3.05, 3.63) is 18.2 Å². The Kier molecular flexibility index (Phi) is 6.11. The van der Waals surface area contributed by atoms with Gasteiger partial charge in [-0.3, -0.25) is 4.79 Å². The molecule has 106 valence electrons. The molecule has 0 bridgehead atoms. The van der Waals surface area contributed by atoms with Gasteiger partial charge in [0.15, 0.2) is 0 Å². The largest absolute Gasteiger partial charge is 0.497 e. The molecule has 0 spiro atoms. The number of nitrogens with one attached hydrogen (secondary N) is 1. The number of hydrogen-bond donors (Lipinski definition) is 2. The number of methoxy groups -OCH3 is 2. The summed E-state index contributed by atoms with van der Waals surface area (Å²) < 4.78 is 15.2. The first-order valence-corrected chi connectivity index (χ1v) is 5.93. The second-order valence-corrected chi connectivity index (χ2v) is 3.95. The van der Waals surface area contributed by atoms with E-state index in [1.165, 1.54) is 0 Å². The summed E-state index contributed by atoms with van der Waals surface area (Å²) in [4.78, 5) is 11.8. The lowest BCUT2D eigenvalue weighted by Gasteiger charge is -2.14. The predicted molar refractivity (Wildman–Crippen MR) is 73.3 cm³/mol. The van der Waals surface area contributed by atoms with Gasteiger partial charge in [-0.15, -0.1) is 0 Å². The fourth-order valence-electron chi connectivity index (χ4n) is 1.40. The highest BCUT2D eigenvalue weighted by molar-refractivity contribution is 5.96. The first kappa shape index (κ1) is 15.3. The summed E-state index contributed by atoms with van der Waals surface area (Å²) >= 11 is 0. The van der Waals surface area contributed by atoms with Crippen LogP contribution in [0.5, 0.6) is 5.75 Å². The van der Waals surface area contributed by atoms with Crippen LogP contribution in [0.15, 0.2) is 18.2 Å². The highest BCUT2D eigenvalue weighted by Gasteiger charge is 2.14. The van der Waals surface area contributed by atoms with Gasteiger partial charge in [-0.1, -0.05) is 0 Å². The van der Waals surface area contributed by atoms with Crippen molar-refractivity contribution in [3.8, 4) is 5.75 Å². The number of benzene rings is 1. The maximum atomic E-state index is 11.8. The number of nitrogens with two attached hydrogens (primary N) is 1. The van der Waals surface area contributed by atoms with Crippen LogP contribution in [0.2, 0.25) is 0 Å². The van der Waals surface area contributed by atoms with E-state index in [9.17, 15) is 4.79 Å². The van der Waals surface area contributed by atoms with E-state index in [4.69, 9.17) is 19.9 Å². The van der Waals surface area contributed by atoms with Crippen molar-refractivity contribution in [2.75, 3.05) is 38.5 Å². The van der Waals surface area contributed by atoms with Crippen LogP contribution in [0.4, 0.5) is 11.4 Å². The smallest absolute Gasteiger partial charge is 0.253 e.